The highest BCUT2D eigenvalue weighted by Gasteiger charge is 2.16. The summed E-state index contributed by atoms with van der Waals surface area (Å²) in [5.41, 5.74) is 0. The van der Waals surface area contributed by atoms with Gasteiger partial charge < -0.3 is 4.55 Å². The van der Waals surface area contributed by atoms with Crippen molar-refractivity contribution in [3.8, 4) is 0 Å². The average molecular weight is 161 g/mol. The maximum absolute atomic E-state index is 11.3. The molecule has 10 heavy (non-hydrogen) atoms. The SMILES string of the molecule is [CH2]CC(CC)[S+]([O-])CCC. The van der Waals surface area contributed by atoms with E-state index in [-0.39, 0.29) is 0 Å². The standard InChI is InChI=1S/C8H17OS/c1-4-7-10(9)8(5-2)6-3/h8H,2,4-7H2,1,3H3. The topological polar surface area (TPSA) is 23.1 Å². The molecule has 0 saturated carbocycles. The first-order chi connectivity index (χ1) is 4.76. The van der Waals surface area contributed by atoms with Crippen molar-refractivity contribution in [3.05, 3.63) is 6.92 Å². The maximum Gasteiger partial charge on any atom is 0.115 e. The van der Waals surface area contributed by atoms with Crippen LogP contribution < -0.4 is 0 Å². The minimum Gasteiger partial charge on any atom is -0.616 e. The molecule has 0 aliphatic rings. The molecule has 2 atom stereocenters. The van der Waals surface area contributed by atoms with Crippen LogP contribution in [0, 0.1) is 6.92 Å². The van der Waals surface area contributed by atoms with Gasteiger partial charge in [0.15, 0.2) is 0 Å². The van der Waals surface area contributed by atoms with Crippen LogP contribution in [0.4, 0.5) is 0 Å². The Labute approximate surface area is 67.4 Å². The van der Waals surface area contributed by atoms with Crippen molar-refractivity contribution in [1.82, 2.24) is 0 Å². The van der Waals surface area contributed by atoms with Crippen molar-refractivity contribution in [2.24, 2.45) is 0 Å². The van der Waals surface area contributed by atoms with Gasteiger partial charge in [0.05, 0.1) is 0 Å². The van der Waals surface area contributed by atoms with E-state index in [2.05, 4.69) is 20.8 Å². The molecule has 0 aromatic carbocycles. The molecule has 0 saturated heterocycles. The summed E-state index contributed by atoms with van der Waals surface area (Å²) in [6.45, 7) is 7.90. The third kappa shape index (κ3) is 3.47. The van der Waals surface area contributed by atoms with Crippen molar-refractivity contribution in [1.29, 1.82) is 0 Å². The highest BCUT2D eigenvalue weighted by atomic mass is 32.2. The molecule has 0 amide bonds. The van der Waals surface area contributed by atoms with E-state index in [0.717, 1.165) is 25.0 Å². The predicted molar refractivity (Wildman–Crippen MR) is 47.4 cm³/mol. The fourth-order valence-electron chi connectivity index (χ4n) is 0.889. The van der Waals surface area contributed by atoms with E-state index in [1.807, 2.05) is 0 Å². The fourth-order valence-corrected chi connectivity index (χ4v) is 2.26. The summed E-state index contributed by atoms with van der Waals surface area (Å²) in [6, 6.07) is 0. The summed E-state index contributed by atoms with van der Waals surface area (Å²) in [6.07, 6.45) is 2.82. The minimum atomic E-state index is -0.620. The normalized spacial score (nSPS) is 14.1. The first-order valence-electron chi connectivity index (χ1n) is 3.92. The van der Waals surface area contributed by atoms with E-state index in [4.69, 9.17) is 0 Å². The van der Waals surface area contributed by atoms with Crippen molar-refractivity contribution in [2.75, 3.05) is 5.75 Å². The second-order valence-electron chi connectivity index (χ2n) is 2.40. The Balaban J connectivity index is 3.53. The largest absolute Gasteiger partial charge is 0.616 e. The Morgan fingerprint density at radius 2 is 2.10 bits per heavy atom. The molecule has 1 radical (unpaired) electrons. The molecule has 2 heteroatoms. The van der Waals surface area contributed by atoms with Crippen LogP contribution in [0.2, 0.25) is 0 Å². The van der Waals surface area contributed by atoms with Gasteiger partial charge in [-0.25, -0.2) is 0 Å². The Morgan fingerprint density at radius 1 is 1.50 bits per heavy atom. The molecular weight excluding hydrogens is 144 g/mol. The van der Waals surface area contributed by atoms with Crippen LogP contribution >= 0.6 is 0 Å². The van der Waals surface area contributed by atoms with E-state index in [1.54, 1.807) is 0 Å². The van der Waals surface area contributed by atoms with Crippen molar-refractivity contribution in [2.45, 2.75) is 38.4 Å². The second-order valence-corrected chi connectivity index (χ2v) is 4.24. The minimum absolute atomic E-state index is 0.333. The summed E-state index contributed by atoms with van der Waals surface area (Å²) < 4.78 is 11.3. The van der Waals surface area contributed by atoms with Gasteiger partial charge in [0.2, 0.25) is 0 Å². The van der Waals surface area contributed by atoms with Crippen LogP contribution in [0.25, 0.3) is 0 Å². The molecule has 0 fully saturated rings. The zero-order valence-electron chi connectivity index (χ0n) is 6.93. The lowest BCUT2D eigenvalue weighted by Crippen LogP contribution is -2.22. The molecule has 1 nitrogen and oxygen atoms in total. The molecule has 0 spiro atoms. The molecular formula is C8H17OS. The number of rotatable bonds is 5. The van der Waals surface area contributed by atoms with Crippen LogP contribution in [0.1, 0.15) is 33.1 Å². The van der Waals surface area contributed by atoms with Gasteiger partial charge in [-0.2, -0.15) is 0 Å². The molecule has 0 N–H and O–H groups in total. The molecule has 2 unspecified atom stereocenters. The van der Waals surface area contributed by atoms with E-state index < -0.39 is 11.2 Å². The lowest BCUT2D eigenvalue weighted by atomic mass is 10.3. The highest BCUT2D eigenvalue weighted by molar-refractivity contribution is 7.92. The smallest absolute Gasteiger partial charge is 0.115 e. The third-order valence-corrected chi connectivity index (χ3v) is 3.68. The molecule has 0 aromatic rings. The van der Waals surface area contributed by atoms with Crippen LogP contribution in [0.15, 0.2) is 0 Å². The zero-order chi connectivity index (χ0) is 7.98. The van der Waals surface area contributed by atoms with E-state index >= 15 is 0 Å². The van der Waals surface area contributed by atoms with Gasteiger partial charge >= 0.3 is 0 Å². The molecule has 0 aliphatic heterocycles. The van der Waals surface area contributed by atoms with Crippen LogP contribution in [0.3, 0.4) is 0 Å². The lowest BCUT2D eigenvalue weighted by Gasteiger charge is -2.18. The monoisotopic (exact) mass is 161 g/mol. The van der Waals surface area contributed by atoms with Crippen LogP contribution in [-0.2, 0) is 11.2 Å². The first-order valence-corrected chi connectivity index (χ1v) is 5.30. The van der Waals surface area contributed by atoms with Gasteiger partial charge in [0.1, 0.15) is 11.0 Å². The summed E-state index contributed by atoms with van der Waals surface area (Å²) in [5, 5.41) is 0.333. The van der Waals surface area contributed by atoms with Crippen molar-refractivity contribution in [3.63, 3.8) is 0 Å². The summed E-state index contributed by atoms with van der Waals surface area (Å²) in [4.78, 5) is 0. The van der Waals surface area contributed by atoms with Gasteiger partial charge in [-0.1, -0.05) is 25.0 Å². The first kappa shape index (κ1) is 10.3. The number of hydrogen-bond acceptors (Lipinski definition) is 1. The summed E-state index contributed by atoms with van der Waals surface area (Å²) >= 11 is -0.620. The molecule has 0 aliphatic carbocycles. The van der Waals surface area contributed by atoms with Gasteiger partial charge in [-0.15, -0.1) is 0 Å². The summed E-state index contributed by atoms with van der Waals surface area (Å²) in [5.74, 6) is 0.841. The van der Waals surface area contributed by atoms with E-state index in [0.29, 0.717) is 5.25 Å². The molecule has 0 aromatic heterocycles. The lowest BCUT2D eigenvalue weighted by molar-refractivity contribution is 0.573. The Kier molecular flexibility index (Phi) is 6.24. The third-order valence-electron chi connectivity index (χ3n) is 1.55. The summed E-state index contributed by atoms with van der Waals surface area (Å²) in [7, 11) is 0. The van der Waals surface area contributed by atoms with Crippen LogP contribution in [-0.4, -0.2) is 15.6 Å². The van der Waals surface area contributed by atoms with Crippen molar-refractivity contribution < 1.29 is 4.55 Å². The van der Waals surface area contributed by atoms with Crippen LogP contribution in [0.5, 0.6) is 0 Å². The molecule has 61 valence electrons. The molecule has 0 rings (SSSR count). The van der Waals surface area contributed by atoms with Crippen molar-refractivity contribution >= 4 is 11.2 Å². The quantitative estimate of drug-likeness (QED) is 0.567. The van der Waals surface area contributed by atoms with E-state index in [9.17, 15) is 4.55 Å². The van der Waals surface area contributed by atoms with E-state index in [1.165, 1.54) is 0 Å². The predicted octanol–water partition coefficient (Wildman–Crippen LogP) is 2.15. The zero-order valence-corrected chi connectivity index (χ0v) is 7.75. The Morgan fingerprint density at radius 3 is 2.40 bits per heavy atom. The highest BCUT2D eigenvalue weighted by Crippen LogP contribution is 2.11. The average Bonchev–Trinajstić information content (AvgIpc) is 1.91. The van der Waals surface area contributed by atoms with Gasteiger partial charge in [-0.05, 0) is 26.2 Å². The second kappa shape index (κ2) is 6.05. The Bertz CT molecular complexity index is 71.7. The molecule has 0 heterocycles. The number of hydrogen-bond donors (Lipinski definition) is 0. The van der Waals surface area contributed by atoms with Gasteiger partial charge in [0, 0.05) is 0 Å². The Hall–Kier alpha value is 0.310. The van der Waals surface area contributed by atoms with Gasteiger partial charge in [0.25, 0.3) is 0 Å². The maximum atomic E-state index is 11.3. The van der Waals surface area contributed by atoms with Gasteiger partial charge in [-0.3, -0.25) is 0 Å². The fraction of sp³-hybridized carbons (Fsp3) is 0.875. The molecule has 0 bridgehead atoms.